The van der Waals surface area contributed by atoms with Gasteiger partial charge >= 0.3 is 6.03 Å². The van der Waals surface area contributed by atoms with Crippen molar-refractivity contribution in [2.75, 3.05) is 25.1 Å². The van der Waals surface area contributed by atoms with Crippen molar-refractivity contribution < 1.29 is 9.53 Å². The second kappa shape index (κ2) is 7.09. The zero-order chi connectivity index (χ0) is 15.2. The zero-order valence-electron chi connectivity index (χ0n) is 12.4. The highest BCUT2D eigenvalue weighted by Gasteiger charge is 2.18. The highest BCUT2D eigenvalue weighted by atomic mass is 16.5. The molecule has 1 aromatic carbocycles. The van der Waals surface area contributed by atoms with Crippen molar-refractivity contribution in [2.45, 2.75) is 18.9 Å². The average molecular weight is 300 g/mol. The summed E-state index contributed by atoms with van der Waals surface area (Å²) >= 11 is 0. The van der Waals surface area contributed by atoms with Gasteiger partial charge in [-0.2, -0.15) is 5.10 Å². The molecule has 1 saturated heterocycles. The Balaban J connectivity index is 1.43. The van der Waals surface area contributed by atoms with Crippen LogP contribution in [0.2, 0.25) is 0 Å². The van der Waals surface area contributed by atoms with E-state index in [2.05, 4.69) is 15.7 Å². The Morgan fingerprint density at radius 3 is 3.00 bits per heavy atom. The quantitative estimate of drug-likeness (QED) is 0.889. The van der Waals surface area contributed by atoms with E-state index in [1.165, 1.54) is 5.56 Å². The number of carbonyl (C=O) groups is 1. The van der Waals surface area contributed by atoms with Crippen LogP contribution in [-0.2, 0) is 11.2 Å². The molecule has 1 fully saturated rings. The minimum Gasteiger partial charge on any atom is -0.379 e. The molecule has 1 aromatic heterocycles. The summed E-state index contributed by atoms with van der Waals surface area (Å²) in [5.74, 6) is 0. The highest BCUT2D eigenvalue weighted by molar-refractivity contribution is 5.88. The van der Waals surface area contributed by atoms with Gasteiger partial charge in [0.1, 0.15) is 0 Å². The monoisotopic (exact) mass is 300 g/mol. The lowest BCUT2D eigenvalue weighted by Gasteiger charge is -2.07. The minimum absolute atomic E-state index is 0.210. The van der Waals surface area contributed by atoms with Gasteiger partial charge < -0.3 is 15.4 Å². The molecule has 0 spiro atoms. The number of anilines is 1. The van der Waals surface area contributed by atoms with Crippen molar-refractivity contribution in [2.24, 2.45) is 0 Å². The molecule has 1 unspecified atom stereocenters. The molecule has 6 heteroatoms. The molecule has 22 heavy (non-hydrogen) atoms. The topological polar surface area (TPSA) is 68.2 Å². The number of hydrogen-bond acceptors (Lipinski definition) is 3. The van der Waals surface area contributed by atoms with Crippen LogP contribution in [0.4, 0.5) is 10.5 Å². The third kappa shape index (κ3) is 3.85. The van der Waals surface area contributed by atoms with Crippen LogP contribution in [0.3, 0.4) is 0 Å². The molecule has 0 radical (unpaired) electrons. The summed E-state index contributed by atoms with van der Waals surface area (Å²) in [6, 6.07) is 10.1. The van der Waals surface area contributed by atoms with Gasteiger partial charge in [0.15, 0.2) is 0 Å². The lowest BCUT2D eigenvalue weighted by atomic mass is 10.1. The predicted molar refractivity (Wildman–Crippen MR) is 83.9 cm³/mol. The van der Waals surface area contributed by atoms with Crippen LogP contribution in [0.5, 0.6) is 0 Å². The van der Waals surface area contributed by atoms with Crippen LogP contribution in [0, 0.1) is 0 Å². The first-order valence-electron chi connectivity index (χ1n) is 7.52. The van der Waals surface area contributed by atoms with Crippen LogP contribution >= 0.6 is 0 Å². The summed E-state index contributed by atoms with van der Waals surface area (Å²) in [7, 11) is 0. The second-order valence-electron chi connectivity index (χ2n) is 5.34. The fourth-order valence-corrected chi connectivity index (χ4v) is 2.47. The van der Waals surface area contributed by atoms with E-state index < -0.39 is 0 Å². The van der Waals surface area contributed by atoms with E-state index in [9.17, 15) is 4.79 Å². The maximum atomic E-state index is 11.8. The summed E-state index contributed by atoms with van der Waals surface area (Å²) in [6.45, 7) is 2.05. The van der Waals surface area contributed by atoms with Gasteiger partial charge in [0.25, 0.3) is 0 Å². The lowest BCUT2D eigenvalue weighted by Crippen LogP contribution is -2.30. The maximum Gasteiger partial charge on any atom is 0.319 e. The molecule has 0 bridgehead atoms. The first-order chi connectivity index (χ1) is 10.8. The first-order valence-corrected chi connectivity index (χ1v) is 7.52. The number of benzene rings is 1. The van der Waals surface area contributed by atoms with Crippen molar-refractivity contribution in [3.05, 3.63) is 48.3 Å². The largest absolute Gasteiger partial charge is 0.379 e. The number of ether oxygens (including phenoxy) is 1. The van der Waals surface area contributed by atoms with Gasteiger partial charge in [-0.1, -0.05) is 30.3 Å². The van der Waals surface area contributed by atoms with Crippen molar-refractivity contribution in [3.63, 3.8) is 0 Å². The number of rotatable bonds is 5. The van der Waals surface area contributed by atoms with Crippen molar-refractivity contribution in [1.82, 2.24) is 15.1 Å². The smallest absolute Gasteiger partial charge is 0.319 e. The molecule has 0 aliphatic carbocycles. The normalized spacial score (nSPS) is 17.4. The fourth-order valence-electron chi connectivity index (χ4n) is 2.47. The summed E-state index contributed by atoms with van der Waals surface area (Å²) in [6.07, 6.45) is 5.28. The molecule has 1 atom stereocenters. The predicted octanol–water partition coefficient (Wildman–Crippen LogP) is 2.21. The first kappa shape index (κ1) is 14.6. The van der Waals surface area contributed by atoms with Gasteiger partial charge in [0.05, 0.1) is 24.5 Å². The number of urea groups is 1. The van der Waals surface area contributed by atoms with Crippen molar-refractivity contribution in [3.8, 4) is 0 Å². The molecule has 1 aliphatic heterocycles. The molecule has 116 valence electrons. The Hall–Kier alpha value is -2.34. The average Bonchev–Trinajstić information content (AvgIpc) is 3.19. The second-order valence-corrected chi connectivity index (χ2v) is 5.34. The molecule has 6 nitrogen and oxygen atoms in total. The van der Waals surface area contributed by atoms with Gasteiger partial charge in [-0.25, -0.2) is 4.79 Å². The molecular weight excluding hydrogens is 280 g/mol. The third-order valence-electron chi connectivity index (χ3n) is 3.68. The van der Waals surface area contributed by atoms with Crippen LogP contribution in [0.25, 0.3) is 0 Å². The van der Waals surface area contributed by atoms with Crippen molar-refractivity contribution in [1.29, 1.82) is 0 Å². The lowest BCUT2D eigenvalue weighted by molar-refractivity contribution is 0.184. The Labute approximate surface area is 129 Å². The summed E-state index contributed by atoms with van der Waals surface area (Å²) < 4.78 is 7.19. The fraction of sp³-hybridized carbons (Fsp3) is 0.375. The number of nitrogens with zero attached hydrogens (tertiary/aromatic N) is 2. The van der Waals surface area contributed by atoms with E-state index in [0.717, 1.165) is 19.4 Å². The summed E-state index contributed by atoms with van der Waals surface area (Å²) in [4.78, 5) is 11.8. The van der Waals surface area contributed by atoms with Gasteiger partial charge in [-0.3, -0.25) is 4.68 Å². The summed E-state index contributed by atoms with van der Waals surface area (Å²) in [5.41, 5.74) is 1.90. The number of hydrogen-bond donors (Lipinski definition) is 2. The standard InChI is InChI=1S/C16H20N4O2/c21-16(17-8-6-13-4-2-1-3-5-13)19-14-10-18-20(11-14)15-7-9-22-12-15/h1-5,10-11,15H,6-9,12H2,(H2,17,19,21). The molecule has 2 N–H and O–H groups in total. The number of carbonyl (C=O) groups excluding carboxylic acids is 1. The molecule has 2 aromatic rings. The van der Waals surface area contributed by atoms with Gasteiger partial charge in [-0.15, -0.1) is 0 Å². The summed E-state index contributed by atoms with van der Waals surface area (Å²) in [5, 5.41) is 9.92. The molecule has 1 aliphatic rings. The SMILES string of the molecule is O=C(NCCc1ccccc1)Nc1cnn(C2CCOC2)c1. The molecule has 2 heterocycles. The van der Waals surface area contributed by atoms with Crippen molar-refractivity contribution >= 4 is 11.7 Å². The van der Waals surface area contributed by atoms with Gasteiger partial charge in [0, 0.05) is 19.3 Å². The van der Waals surface area contributed by atoms with Gasteiger partial charge in [-0.05, 0) is 18.4 Å². The Bertz CT molecular complexity index is 606. The molecular formula is C16H20N4O2. The van der Waals surface area contributed by atoms with Crippen LogP contribution in [-0.4, -0.2) is 35.6 Å². The number of amides is 2. The van der Waals surface area contributed by atoms with Crippen LogP contribution < -0.4 is 10.6 Å². The Kier molecular flexibility index (Phi) is 4.70. The minimum atomic E-state index is -0.210. The van der Waals surface area contributed by atoms with E-state index in [4.69, 9.17) is 4.74 Å². The van der Waals surface area contributed by atoms with Crippen LogP contribution in [0.1, 0.15) is 18.0 Å². The molecule has 0 saturated carbocycles. The van der Waals surface area contributed by atoms with E-state index in [-0.39, 0.29) is 12.1 Å². The third-order valence-corrected chi connectivity index (χ3v) is 3.68. The zero-order valence-corrected chi connectivity index (χ0v) is 12.4. The van der Waals surface area contributed by atoms with E-state index in [1.54, 1.807) is 6.20 Å². The van der Waals surface area contributed by atoms with Crippen LogP contribution in [0.15, 0.2) is 42.7 Å². The van der Waals surface area contributed by atoms with E-state index >= 15 is 0 Å². The highest BCUT2D eigenvalue weighted by Crippen LogP contribution is 2.19. The maximum absolute atomic E-state index is 11.8. The van der Waals surface area contributed by atoms with E-state index in [1.807, 2.05) is 41.2 Å². The molecule has 2 amide bonds. The Morgan fingerprint density at radius 2 is 2.23 bits per heavy atom. The van der Waals surface area contributed by atoms with E-state index in [0.29, 0.717) is 18.8 Å². The Morgan fingerprint density at radius 1 is 1.36 bits per heavy atom. The molecule has 3 rings (SSSR count). The van der Waals surface area contributed by atoms with Gasteiger partial charge in [0.2, 0.25) is 0 Å². The number of nitrogens with one attached hydrogen (secondary N) is 2. The number of aromatic nitrogens is 2.